The van der Waals surface area contributed by atoms with Crippen LogP contribution in [0.15, 0.2) is 47.7 Å². The lowest BCUT2D eigenvalue weighted by molar-refractivity contribution is 0.735. The number of pyridine rings is 1. The summed E-state index contributed by atoms with van der Waals surface area (Å²) in [6.45, 7) is 5.63. The maximum atomic E-state index is 12.9. The number of hydrogen-bond donors (Lipinski definition) is 1. The lowest BCUT2D eigenvalue weighted by atomic mass is 10.1. The van der Waals surface area contributed by atoms with Crippen molar-refractivity contribution in [3.63, 3.8) is 0 Å². The van der Waals surface area contributed by atoms with E-state index in [-0.39, 0.29) is 5.56 Å². The van der Waals surface area contributed by atoms with Crippen molar-refractivity contribution in [1.82, 2.24) is 29.3 Å². The van der Waals surface area contributed by atoms with Gasteiger partial charge in [-0.15, -0.1) is 0 Å². The first-order chi connectivity index (χ1) is 13.6. The highest BCUT2D eigenvalue weighted by atomic mass is 16.1. The normalized spacial score (nSPS) is 14.6. The third-order valence-electron chi connectivity index (χ3n) is 5.13. The summed E-state index contributed by atoms with van der Waals surface area (Å²) in [5.74, 6) is 0. The van der Waals surface area contributed by atoms with E-state index in [1.54, 1.807) is 21.3 Å². The van der Waals surface area contributed by atoms with Gasteiger partial charge in [0.25, 0.3) is 5.56 Å². The summed E-state index contributed by atoms with van der Waals surface area (Å²) in [7, 11) is 0. The molecule has 7 nitrogen and oxygen atoms in total. The smallest absolute Gasteiger partial charge is 0.281 e. The third kappa shape index (κ3) is 2.71. The van der Waals surface area contributed by atoms with E-state index < -0.39 is 0 Å². The monoisotopic (exact) mass is 372 g/mol. The Balaban J connectivity index is 1.62. The van der Waals surface area contributed by atoms with Gasteiger partial charge >= 0.3 is 0 Å². The van der Waals surface area contributed by atoms with E-state index in [9.17, 15) is 4.79 Å². The van der Waals surface area contributed by atoms with Crippen molar-refractivity contribution in [2.75, 3.05) is 13.1 Å². The molecule has 0 saturated heterocycles. The van der Waals surface area contributed by atoms with Gasteiger partial charge in [-0.05, 0) is 56.1 Å². The molecule has 0 aliphatic carbocycles. The molecule has 140 valence electrons. The molecule has 28 heavy (non-hydrogen) atoms. The molecule has 7 heteroatoms. The molecular formula is C21H20N6O. The zero-order valence-electron chi connectivity index (χ0n) is 15.8. The molecule has 0 spiro atoms. The average molecular weight is 372 g/mol. The molecule has 4 aromatic rings. The van der Waals surface area contributed by atoms with Crippen LogP contribution < -0.4 is 10.9 Å². The summed E-state index contributed by atoms with van der Waals surface area (Å²) in [5, 5.41) is 7.94. The molecule has 0 unspecified atom stereocenters. The first kappa shape index (κ1) is 16.8. The number of nitrogens with zero attached hydrogens (tertiary/aromatic N) is 5. The Morgan fingerprint density at radius 3 is 2.93 bits per heavy atom. The first-order valence-corrected chi connectivity index (χ1v) is 9.36. The molecule has 0 radical (unpaired) electrons. The van der Waals surface area contributed by atoms with Gasteiger partial charge in [0, 0.05) is 18.3 Å². The predicted octanol–water partition coefficient (Wildman–Crippen LogP) is 2.40. The quantitative estimate of drug-likeness (QED) is 0.585. The van der Waals surface area contributed by atoms with Crippen LogP contribution in [0.2, 0.25) is 0 Å². The van der Waals surface area contributed by atoms with Gasteiger partial charge in [0.15, 0.2) is 5.65 Å². The molecule has 0 bridgehead atoms. The van der Waals surface area contributed by atoms with Gasteiger partial charge < -0.3 is 5.32 Å². The van der Waals surface area contributed by atoms with Crippen LogP contribution in [0.25, 0.3) is 28.0 Å². The maximum Gasteiger partial charge on any atom is 0.281 e. The zero-order valence-corrected chi connectivity index (χ0v) is 15.8. The van der Waals surface area contributed by atoms with E-state index in [0.717, 1.165) is 58.8 Å². The lowest BCUT2D eigenvalue weighted by Crippen LogP contribution is -2.25. The van der Waals surface area contributed by atoms with E-state index in [0.29, 0.717) is 5.69 Å². The minimum Gasteiger partial charge on any atom is -0.313 e. The number of imidazole rings is 1. The predicted molar refractivity (Wildman–Crippen MR) is 108 cm³/mol. The molecule has 1 aliphatic heterocycles. The third-order valence-corrected chi connectivity index (χ3v) is 5.13. The Bertz CT molecular complexity index is 1310. The van der Waals surface area contributed by atoms with Crippen LogP contribution in [-0.2, 0) is 0 Å². The standard InChI is InChI=1S/C21H20N6O/c1-13-9-18(25-27-12-14(2)24-20(13)27)16-5-8-26-17(10-16)11-23-19(21(26)28)15-3-6-22-7-4-15/h3,5,8-12,22H,4,6-7H2,1-2H3. The maximum absolute atomic E-state index is 12.9. The summed E-state index contributed by atoms with van der Waals surface area (Å²) in [5.41, 5.74) is 6.85. The lowest BCUT2D eigenvalue weighted by Gasteiger charge is -2.13. The Kier molecular flexibility index (Phi) is 3.84. The highest BCUT2D eigenvalue weighted by Crippen LogP contribution is 2.22. The van der Waals surface area contributed by atoms with E-state index in [4.69, 9.17) is 0 Å². The Morgan fingerprint density at radius 2 is 2.11 bits per heavy atom. The Morgan fingerprint density at radius 1 is 1.21 bits per heavy atom. The Labute approximate surface area is 161 Å². The zero-order chi connectivity index (χ0) is 19.3. The van der Waals surface area contributed by atoms with Crippen LogP contribution in [-0.4, -0.2) is 37.1 Å². The van der Waals surface area contributed by atoms with Gasteiger partial charge in [-0.2, -0.15) is 5.10 Å². The fourth-order valence-electron chi connectivity index (χ4n) is 3.71. The molecule has 5 heterocycles. The summed E-state index contributed by atoms with van der Waals surface area (Å²) < 4.78 is 3.46. The fourth-order valence-corrected chi connectivity index (χ4v) is 3.71. The summed E-state index contributed by atoms with van der Waals surface area (Å²) >= 11 is 0. The molecule has 4 aromatic heterocycles. The number of rotatable bonds is 2. The van der Waals surface area contributed by atoms with Crippen LogP contribution in [0.4, 0.5) is 0 Å². The Hall–Kier alpha value is -3.32. The highest BCUT2D eigenvalue weighted by Gasteiger charge is 2.14. The molecule has 0 atom stereocenters. The van der Waals surface area contributed by atoms with Crippen molar-refractivity contribution >= 4 is 16.7 Å². The molecular weight excluding hydrogens is 352 g/mol. The van der Waals surface area contributed by atoms with Crippen LogP contribution >= 0.6 is 0 Å². The van der Waals surface area contributed by atoms with Crippen molar-refractivity contribution in [2.45, 2.75) is 20.3 Å². The number of hydrogen-bond acceptors (Lipinski definition) is 5. The minimum absolute atomic E-state index is 0.0815. The summed E-state index contributed by atoms with van der Waals surface area (Å²) in [6, 6.07) is 5.89. The SMILES string of the molecule is Cc1cn2nc(-c3ccn4c(=O)c(C5=CCNCC5)ncc4c3)cc(C)c2n1. The number of aryl methyl sites for hydroxylation is 2. The van der Waals surface area contributed by atoms with E-state index in [1.807, 2.05) is 44.3 Å². The van der Waals surface area contributed by atoms with Gasteiger partial charge in [-0.25, -0.2) is 14.5 Å². The second-order valence-electron chi connectivity index (χ2n) is 7.17. The molecule has 0 fully saturated rings. The van der Waals surface area contributed by atoms with Crippen LogP contribution in [0, 0.1) is 13.8 Å². The van der Waals surface area contributed by atoms with Crippen LogP contribution in [0.3, 0.4) is 0 Å². The molecule has 0 amide bonds. The van der Waals surface area contributed by atoms with E-state index >= 15 is 0 Å². The largest absolute Gasteiger partial charge is 0.313 e. The van der Waals surface area contributed by atoms with Gasteiger partial charge in [0.05, 0.1) is 29.3 Å². The van der Waals surface area contributed by atoms with Crippen LogP contribution in [0.1, 0.15) is 23.4 Å². The molecule has 0 saturated carbocycles. The van der Waals surface area contributed by atoms with Crippen molar-refractivity contribution in [3.8, 4) is 11.3 Å². The van der Waals surface area contributed by atoms with Crippen LogP contribution in [0.5, 0.6) is 0 Å². The molecule has 0 aromatic carbocycles. The van der Waals surface area contributed by atoms with Crippen molar-refractivity contribution in [1.29, 1.82) is 0 Å². The highest BCUT2D eigenvalue weighted by molar-refractivity contribution is 5.69. The second kappa shape index (κ2) is 6.38. The number of fused-ring (bicyclic) bond motifs is 2. The first-order valence-electron chi connectivity index (χ1n) is 9.36. The molecule has 1 N–H and O–H groups in total. The number of aromatic nitrogens is 5. The van der Waals surface area contributed by atoms with E-state index in [2.05, 4.69) is 20.4 Å². The molecule has 5 rings (SSSR count). The average Bonchev–Trinajstić information content (AvgIpc) is 3.09. The van der Waals surface area contributed by atoms with Gasteiger partial charge in [-0.3, -0.25) is 9.20 Å². The number of nitrogens with one attached hydrogen (secondary N) is 1. The van der Waals surface area contributed by atoms with Crippen molar-refractivity contribution in [3.05, 3.63) is 70.2 Å². The van der Waals surface area contributed by atoms with Gasteiger partial charge in [0.2, 0.25) is 0 Å². The molecule has 1 aliphatic rings. The van der Waals surface area contributed by atoms with Gasteiger partial charge in [-0.1, -0.05) is 6.08 Å². The topological polar surface area (TPSA) is 76.6 Å². The fraction of sp³-hybridized carbons (Fsp3) is 0.238. The van der Waals surface area contributed by atoms with Gasteiger partial charge in [0.1, 0.15) is 5.69 Å². The van der Waals surface area contributed by atoms with E-state index in [1.165, 1.54) is 0 Å². The van der Waals surface area contributed by atoms with Crippen molar-refractivity contribution in [2.24, 2.45) is 0 Å². The summed E-state index contributed by atoms with van der Waals surface area (Å²) in [4.78, 5) is 21.9. The van der Waals surface area contributed by atoms with Crippen molar-refractivity contribution < 1.29 is 0 Å². The summed E-state index contributed by atoms with van der Waals surface area (Å²) in [6.07, 6.45) is 8.34. The minimum atomic E-state index is -0.0815. The second-order valence-corrected chi connectivity index (χ2v) is 7.17.